The highest BCUT2D eigenvalue weighted by molar-refractivity contribution is 7.92. The number of methoxy groups -OCH3 is 1. The molecule has 43 heavy (non-hydrogen) atoms. The van der Waals surface area contributed by atoms with Crippen molar-refractivity contribution < 1.29 is 40.6 Å². The molecular weight excluding hydrogens is 594 g/mol. The van der Waals surface area contributed by atoms with Crippen molar-refractivity contribution in [3.05, 3.63) is 65.1 Å². The Morgan fingerprint density at radius 2 is 1.88 bits per heavy atom. The summed E-state index contributed by atoms with van der Waals surface area (Å²) >= 11 is 0. The zero-order chi connectivity index (χ0) is 31.5. The first-order chi connectivity index (χ1) is 20.3. The third-order valence-corrected chi connectivity index (χ3v) is 8.42. The van der Waals surface area contributed by atoms with Crippen LogP contribution in [0.4, 0.5) is 29.1 Å². The maximum absolute atomic E-state index is 14.4. The lowest BCUT2D eigenvalue weighted by molar-refractivity contribution is -0.127. The van der Waals surface area contributed by atoms with Gasteiger partial charge in [-0.3, -0.25) is 14.2 Å². The first-order valence-corrected chi connectivity index (χ1v) is 14.6. The van der Waals surface area contributed by atoms with Crippen molar-refractivity contribution in [1.82, 2.24) is 15.2 Å². The molecule has 4 aromatic rings. The number of phenolic OH excluding ortho intramolecular Hbond substituents is 1. The van der Waals surface area contributed by atoms with Crippen molar-refractivity contribution in [3.8, 4) is 17.0 Å². The lowest BCUT2D eigenvalue weighted by Crippen LogP contribution is -2.31. The number of para-hydroxylation sites is 1. The molecule has 2 aromatic heterocycles. The number of carbonyl (C=O) groups is 1. The van der Waals surface area contributed by atoms with Crippen LogP contribution in [0.25, 0.3) is 22.2 Å². The largest absolute Gasteiger partial charge is 0.505 e. The molecule has 0 aliphatic rings. The Morgan fingerprint density at radius 1 is 1.16 bits per heavy atom. The highest BCUT2D eigenvalue weighted by Gasteiger charge is 2.31. The number of anilines is 2. The summed E-state index contributed by atoms with van der Waals surface area (Å²) in [7, 11) is -0.951. The van der Waals surface area contributed by atoms with E-state index in [2.05, 4.69) is 20.5 Å². The Balaban J connectivity index is 1.83. The molecule has 230 valence electrons. The predicted octanol–water partition coefficient (Wildman–Crippen LogP) is 5.19. The molecule has 0 aliphatic carbocycles. The van der Waals surface area contributed by atoms with Gasteiger partial charge in [0, 0.05) is 32.7 Å². The van der Waals surface area contributed by atoms with E-state index in [-0.39, 0.29) is 64.8 Å². The molecule has 0 fully saturated rings. The monoisotopic (exact) mass is 623 g/mol. The number of ether oxygens (including phenoxy) is 1. The van der Waals surface area contributed by atoms with Gasteiger partial charge in [-0.1, -0.05) is 25.1 Å². The smallest absolute Gasteiger partial charge is 0.393 e. The molecular formula is C28H29F4N5O5S. The van der Waals surface area contributed by atoms with Gasteiger partial charge in [0.05, 0.1) is 41.1 Å². The van der Waals surface area contributed by atoms with Gasteiger partial charge in [-0.25, -0.2) is 17.8 Å². The van der Waals surface area contributed by atoms with E-state index in [1.54, 1.807) is 31.2 Å². The van der Waals surface area contributed by atoms with Gasteiger partial charge >= 0.3 is 6.18 Å². The SMILES string of the molecule is CCC(=O)c1n[nH]c2cc(-c3cc(F)c(O)cc3CC(F)(F)F)nc(NCc3ccccc3N(C)S(=O)(=O)CCOC)c12. The Kier molecular flexibility index (Phi) is 9.25. The number of nitrogens with zero attached hydrogens (tertiary/aromatic N) is 3. The molecule has 4 rings (SSSR count). The Bertz CT molecular complexity index is 1760. The van der Waals surface area contributed by atoms with Crippen molar-refractivity contribution >= 4 is 38.2 Å². The molecule has 15 heteroatoms. The fourth-order valence-electron chi connectivity index (χ4n) is 4.51. The number of phenols is 1. The number of hydrogen-bond acceptors (Lipinski definition) is 8. The minimum absolute atomic E-state index is 0.00924. The van der Waals surface area contributed by atoms with Crippen LogP contribution in [0.5, 0.6) is 5.75 Å². The maximum Gasteiger partial charge on any atom is 0.393 e. The second-order valence-corrected chi connectivity index (χ2v) is 11.8. The second-order valence-electron chi connectivity index (χ2n) is 9.64. The molecule has 3 N–H and O–H groups in total. The fourth-order valence-corrected chi connectivity index (χ4v) is 5.64. The number of halogens is 4. The van der Waals surface area contributed by atoms with Crippen LogP contribution in [0, 0.1) is 5.82 Å². The van der Waals surface area contributed by atoms with E-state index in [4.69, 9.17) is 4.74 Å². The Morgan fingerprint density at radius 3 is 2.56 bits per heavy atom. The van der Waals surface area contributed by atoms with E-state index >= 15 is 0 Å². The number of pyridine rings is 1. The van der Waals surface area contributed by atoms with E-state index in [0.29, 0.717) is 17.3 Å². The molecule has 0 saturated carbocycles. The summed E-state index contributed by atoms with van der Waals surface area (Å²) in [6.07, 6.45) is -6.02. The van der Waals surface area contributed by atoms with E-state index < -0.39 is 39.8 Å². The Labute approximate surface area is 244 Å². The molecule has 2 aromatic carbocycles. The van der Waals surface area contributed by atoms with Crippen LogP contribution >= 0.6 is 0 Å². The van der Waals surface area contributed by atoms with Crippen molar-refractivity contribution in [2.24, 2.45) is 0 Å². The third-order valence-electron chi connectivity index (χ3n) is 6.71. The average molecular weight is 624 g/mol. The van der Waals surface area contributed by atoms with E-state index in [1.165, 1.54) is 20.2 Å². The van der Waals surface area contributed by atoms with Crippen LogP contribution in [0.2, 0.25) is 0 Å². The lowest BCUT2D eigenvalue weighted by Gasteiger charge is -2.22. The highest BCUT2D eigenvalue weighted by Crippen LogP contribution is 2.36. The summed E-state index contributed by atoms with van der Waals surface area (Å²) < 4.78 is 86.2. The van der Waals surface area contributed by atoms with Gasteiger partial charge in [-0.2, -0.15) is 18.3 Å². The first-order valence-electron chi connectivity index (χ1n) is 13.0. The standard InChI is InChI=1S/C28H29F4N5O5S/c1-4-23(38)26-25-21(35-36-26)13-20(18-12-19(29)24(39)11-17(18)14-28(30,31)32)34-27(25)33-15-16-7-5-6-8-22(16)37(2)43(40,41)10-9-42-3/h5-8,11-13,39H,4,9-10,14-15H2,1-3H3,(H,33,34)(H,35,36). The van der Waals surface area contributed by atoms with Gasteiger partial charge in [0.1, 0.15) is 11.5 Å². The number of rotatable bonds is 12. The molecule has 2 heterocycles. The van der Waals surface area contributed by atoms with Gasteiger partial charge in [-0.05, 0) is 35.4 Å². The molecule has 0 radical (unpaired) electrons. The number of Topliss-reactive ketones (excluding diaryl/α,β-unsaturated/α-hetero) is 1. The van der Waals surface area contributed by atoms with Crippen LogP contribution in [-0.4, -0.2) is 67.2 Å². The van der Waals surface area contributed by atoms with Crippen molar-refractivity contribution in [3.63, 3.8) is 0 Å². The number of benzene rings is 2. The summed E-state index contributed by atoms with van der Waals surface area (Å²) in [6, 6.07) is 9.44. The summed E-state index contributed by atoms with van der Waals surface area (Å²) in [5.74, 6) is -2.63. The number of fused-ring (bicyclic) bond motifs is 1. The van der Waals surface area contributed by atoms with Crippen molar-refractivity contribution in [2.75, 3.05) is 36.1 Å². The molecule has 10 nitrogen and oxygen atoms in total. The van der Waals surface area contributed by atoms with Crippen molar-refractivity contribution in [1.29, 1.82) is 0 Å². The number of aromatic nitrogens is 3. The molecule has 0 unspecified atom stereocenters. The molecule has 0 atom stereocenters. The summed E-state index contributed by atoms with van der Waals surface area (Å²) in [5.41, 5.74) is 0.430. The second kappa shape index (κ2) is 12.6. The fraction of sp³-hybridized carbons (Fsp3) is 0.321. The van der Waals surface area contributed by atoms with E-state index in [0.717, 1.165) is 10.4 Å². The van der Waals surface area contributed by atoms with Crippen LogP contribution < -0.4 is 9.62 Å². The molecule has 0 aliphatic heterocycles. The number of sulfonamides is 1. The number of hydrogen-bond donors (Lipinski definition) is 3. The molecule has 0 bridgehead atoms. The summed E-state index contributed by atoms with van der Waals surface area (Å²) in [4.78, 5) is 17.2. The zero-order valence-electron chi connectivity index (χ0n) is 23.4. The van der Waals surface area contributed by atoms with Crippen LogP contribution in [-0.2, 0) is 27.7 Å². The quantitative estimate of drug-likeness (QED) is 0.145. The first kappa shape index (κ1) is 31.7. The average Bonchev–Trinajstić information content (AvgIpc) is 3.39. The van der Waals surface area contributed by atoms with Gasteiger partial charge in [-0.15, -0.1) is 0 Å². The number of H-pyrrole nitrogens is 1. The molecule has 0 saturated heterocycles. The summed E-state index contributed by atoms with van der Waals surface area (Å²) in [5, 5.41) is 19.9. The topological polar surface area (TPSA) is 138 Å². The van der Waals surface area contributed by atoms with Gasteiger partial charge in [0.15, 0.2) is 17.3 Å². The lowest BCUT2D eigenvalue weighted by atomic mass is 9.99. The van der Waals surface area contributed by atoms with E-state index in [1.807, 2.05) is 0 Å². The minimum atomic E-state index is -4.67. The molecule has 0 spiro atoms. The molecule has 0 amide bonds. The number of nitrogens with one attached hydrogen (secondary N) is 2. The predicted molar refractivity (Wildman–Crippen MR) is 153 cm³/mol. The number of ketones is 1. The number of carbonyl (C=O) groups excluding carboxylic acids is 1. The van der Waals surface area contributed by atoms with E-state index in [9.17, 15) is 35.9 Å². The van der Waals surface area contributed by atoms with Crippen LogP contribution in [0.15, 0.2) is 42.5 Å². The Hall–Kier alpha value is -4.24. The van der Waals surface area contributed by atoms with Crippen molar-refractivity contribution in [2.45, 2.75) is 32.5 Å². The highest BCUT2D eigenvalue weighted by atomic mass is 32.2. The zero-order valence-corrected chi connectivity index (χ0v) is 24.2. The maximum atomic E-state index is 14.4. The minimum Gasteiger partial charge on any atom is -0.505 e. The van der Waals surface area contributed by atoms with Gasteiger partial charge < -0.3 is 15.2 Å². The normalized spacial score (nSPS) is 12.1. The summed E-state index contributed by atoms with van der Waals surface area (Å²) in [6.45, 7) is 1.61. The van der Waals surface area contributed by atoms with Gasteiger partial charge in [0.2, 0.25) is 10.0 Å². The van der Waals surface area contributed by atoms with Gasteiger partial charge in [0.25, 0.3) is 0 Å². The number of aromatic hydroxyl groups is 1. The third kappa shape index (κ3) is 7.05. The number of alkyl halides is 3. The number of aromatic amines is 1. The van der Waals surface area contributed by atoms with Crippen LogP contribution in [0.1, 0.15) is 35.0 Å². The van der Waals surface area contributed by atoms with Crippen LogP contribution in [0.3, 0.4) is 0 Å².